The largest absolute Gasteiger partial charge is 0.330 e. The van der Waals surface area contributed by atoms with E-state index in [4.69, 9.17) is 5.73 Å². The van der Waals surface area contributed by atoms with E-state index in [-0.39, 0.29) is 0 Å². The number of aromatic nitrogens is 2. The number of hydrogen-bond acceptors (Lipinski definition) is 2. The molecule has 0 atom stereocenters. The summed E-state index contributed by atoms with van der Waals surface area (Å²) in [5.41, 5.74) is 7.88. The minimum atomic E-state index is 0.752. The van der Waals surface area contributed by atoms with E-state index in [9.17, 15) is 0 Å². The molecule has 0 amide bonds. The Morgan fingerprint density at radius 3 is 2.62 bits per heavy atom. The van der Waals surface area contributed by atoms with E-state index in [0.29, 0.717) is 0 Å². The lowest BCUT2D eigenvalue weighted by Crippen LogP contribution is -2.05. The molecule has 0 saturated carbocycles. The van der Waals surface area contributed by atoms with Crippen molar-refractivity contribution in [2.45, 2.75) is 19.4 Å². The molecule has 0 saturated heterocycles. The lowest BCUT2D eigenvalue weighted by molar-refractivity contribution is 0.566. The highest BCUT2D eigenvalue weighted by Gasteiger charge is 2.03. The van der Waals surface area contributed by atoms with Crippen molar-refractivity contribution < 1.29 is 0 Å². The van der Waals surface area contributed by atoms with Gasteiger partial charge in [-0.15, -0.1) is 0 Å². The molecule has 1 aromatic carbocycles. The van der Waals surface area contributed by atoms with Crippen LogP contribution in [0.5, 0.6) is 0 Å². The van der Waals surface area contributed by atoms with Crippen LogP contribution in [0.15, 0.2) is 42.6 Å². The molecule has 1 heterocycles. The number of rotatable bonds is 5. The van der Waals surface area contributed by atoms with Crippen molar-refractivity contribution in [3.8, 4) is 11.3 Å². The predicted molar refractivity (Wildman–Crippen MR) is 66.0 cm³/mol. The van der Waals surface area contributed by atoms with Gasteiger partial charge in [0.1, 0.15) is 0 Å². The lowest BCUT2D eigenvalue weighted by atomic mass is 10.1. The monoisotopic (exact) mass is 215 g/mol. The highest BCUT2D eigenvalue weighted by Crippen LogP contribution is 2.18. The van der Waals surface area contributed by atoms with Gasteiger partial charge in [-0.1, -0.05) is 30.3 Å². The van der Waals surface area contributed by atoms with E-state index in [2.05, 4.69) is 23.3 Å². The fourth-order valence-corrected chi connectivity index (χ4v) is 1.77. The van der Waals surface area contributed by atoms with Gasteiger partial charge in [0.15, 0.2) is 0 Å². The van der Waals surface area contributed by atoms with Crippen molar-refractivity contribution in [2.24, 2.45) is 5.73 Å². The van der Waals surface area contributed by atoms with Crippen molar-refractivity contribution in [1.29, 1.82) is 0 Å². The molecule has 0 aliphatic heterocycles. The molecule has 16 heavy (non-hydrogen) atoms. The number of aryl methyl sites for hydroxylation is 1. The van der Waals surface area contributed by atoms with Crippen molar-refractivity contribution >= 4 is 0 Å². The summed E-state index contributed by atoms with van der Waals surface area (Å²) < 4.78 is 2.05. The molecule has 2 N–H and O–H groups in total. The molecule has 0 bridgehead atoms. The SMILES string of the molecule is NCCCCn1nccc1-c1ccccc1. The number of unbranched alkanes of at least 4 members (excludes halogenated alkanes) is 1. The van der Waals surface area contributed by atoms with Gasteiger partial charge in [0.25, 0.3) is 0 Å². The van der Waals surface area contributed by atoms with E-state index >= 15 is 0 Å². The standard InChI is InChI=1S/C13H17N3/c14-9-4-5-11-16-13(8-10-15-16)12-6-2-1-3-7-12/h1-3,6-8,10H,4-5,9,11,14H2. The molecule has 3 nitrogen and oxygen atoms in total. The molecule has 2 aromatic rings. The van der Waals surface area contributed by atoms with Crippen LogP contribution in [0.25, 0.3) is 11.3 Å². The highest BCUT2D eigenvalue weighted by molar-refractivity contribution is 5.58. The first kappa shape index (κ1) is 10.9. The van der Waals surface area contributed by atoms with Crippen LogP contribution in [0.3, 0.4) is 0 Å². The maximum absolute atomic E-state index is 5.49. The Balaban J connectivity index is 2.13. The third-order valence-corrected chi connectivity index (χ3v) is 2.61. The third-order valence-electron chi connectivity index (χ3n) is 2.61. The van der Waals surface area contributed by atoms with Crippen molar-refractivity contribution in [3.05, 3.63) is 42.6 Å². The van der Waals surface area contributed by atoms with E-state index < -0.39 is 0 Å². The molecular formula is C13H17N3. The molecule has 84 valence electrons. The molecule has 0 aliphatic rings. The second-order valence-electron chi connectivity index (χ2n) is 3.80. The van der Waals surface area contributed by atoms with Gasteiger partial charge < -0.3 is 5.73 Å². The van der Waals surface area contributed by atoms with Gasteiger partial charge in [-0.05, 0) is 31.0 Å². The summed E-state index contributed by atoms with van der Waals surface area (Å²) in [6, 6.07) is 12.4. The Bertz CT molecular complexity index is 420. The summed E-state index contributed by atoms with van der Waals surface area (Å²) in [5, 5.41) is 4.34. The van der Waals surface area contributed by atoms with Gasteiger partial charge in [-0.25, -0.2) is 0 Å². The quantitative estimate of drug-likeness (QED) is 0.778. The van der Waals surface area contributed by atoms with Gasteiger partial charge in [-0.3, -0.25) is 4.68 Å². The number of benzene rings is 1. The Morgan fingerprint density at radius 2 is 1.88 bits per heavy atom. The van der Waals surface area contributed by atoms with Crippen LogP contribution >= 0.6 is 0 Å². The summed E-state index contributed by atoms with van der Waals surface area (Å²) in [5.74, 6) is 0. The van der Waals surface area contributed by atoms with Crippen LogP contribution in [0.1, 0.15) is 12.8 Å². The average molecular weight is 215 g/mol. The minimum absolute atomic E-state index is 0.752. The van der Waals surface area contributed by atoms with Crippen molar-refractivity contribution in [1.82, 2.24) is 9.78 Å². The molecule has 0 radical (unpaired) electrons. The molecular weight excluding hydrogens is 198 g/mol. The first-order valence-electron chi connectivity index (χ1n) is 5.69. The first-order valence-corrected chi connectivity index (χ1v) is 5.69. The summed E-state index contributed by atoms with van der Waals surface area (Å²) >= 11 is 0. The minimum Gasteiger partial charge on any atom is -0.330 e. The van der Waals surface area contributed by atoms with Crippen molar-refractivity contribution in [3.63, 3.8) is 0 Å². The second-order valence-corrected chi connectivity index (χ2v) is 3.80. The van der Waals surface area contributed by atoms with Crippen LogP contribution in [-0.4, -0.2) is 16.3 Å². The molecule has 0 aliphatic carbocycles. The topological polar surface area (TPSA) is 43.8 Å². The number of hydrogen-bond donors (Lipinski definition) is 1. The van der Waals surface area contributed by atoms with Crippen LogP contribution in [-0.2, 0) is 6.54 Å². The van der Waals surface area contributed by atoms with Crippen LogP contribution in [0, 0.1) is 0 Å². The van der Waals surface area contributed by atoms with E-state index in [1.807, 2.05) is 29.1 Å². The third kappa shape index (κ3) is 2.49. The predicted octanol–water partition coefficient (Wildman–Crippen LogP) is 2.29. The number of nitrogens with two attached hydrogens (primary N) is 1. The van der Waals surface area contributed by atoms with Crippen molar-refractivity contribution in [2.75, 3.05) is 6.54 Å². The first-order chi connectivity index (χ1) is 7.92. The highest BCUT2D eigenvalue weighted by atomic mass is 15.3. The summed E-state index contributed by atoms with van der Waals surface area (Å²) in [4.78, 5) is 0. The van der Waals surface area contributed by atoms with Gasteiger partial charge in [0.2, 0.25) is 0 Å². The smallest absolute Gasteiger partial charge is 0.0682 e. The fourth-order valence-electron chi connectivity index (χ4n) is 1.77. The van der Waals surface area contributed by atoms with Gasteiger partial charge in [0.05, 0.1) is 5.69 Å². The summed E-state index contributed by atoms with van der Waals surface area (Å²) in [6.07, 6.45) is 3.98. The van der Waals surface area contributed by atoms with Gasteiger partial charge in [0, 0.05) is 12.7 Å². The lowest BCUT2D eigenvalue weighted by Gasteiger charge is -2.06. The molecule has 0 unspecified atom stereocenters. The van der Waals surface area contributed by atoms with E-state index in [1.54, 1.807) is 0 Å². The summed E-state index contributed by atoms with van der Waals surface area (Å²) in [7, 11) is 0. The Morgan fingerprint density at radius 1 is 1.06 bits per heavy atom. The molecule has 2 rings (SSSR count). The zero-order valence-electron chi connectivity index (χ0n) is 9.34. The van der Waals surface area contributed by atoms with E-state index in [1.165, 1.54) is 11.3 Å². The molecule has 0 fully saturated rings. The molecule has 1 aromatic heterocycles. The Labute approximate surface area is 95.9 Å². The maximum atomic E-state index is 5.49. The Hall–Kier alpha value is -1.61. The maximum Gasteiger partial charge on any atom is 0.0682 e. The average Bonchev–Trinajstić information content (AvgIpc) is 2.79. The number of nitrogens with zero attached hydrogens (tertiary/aromatic N) is 2. The van der Waals surface area contributed by atoms with Gasteiger partial charge >= 0.3 is 0 Å². The normalized spacial score (nSPS) is 10.6. The van der Waals surface area contributed by atoms with Crippen LogP contribution in [0.4, 0.5) is 0 Å². The van der Waals surface area contributed by atoms with Gasteiger partial charge in [-0.2, -0.15) is 5.10 Å². The Kier molecular flexibility index (Phi) is 3.72. The van der Waals surface area contributed by atoms with Crippen LogP contribution < -0.4 is 5.73 Å². The molecule has 3 heteroatoms. The molecule has 0 spiro atoms. The zero-order valence-corrected chi connectivity index (χ0v) is 9.34. The van der Waals surface area contributed by atoms with E-state index in [0.717, 1.165) is 25.9 Å². The second kappa shape index (κ2) is 5.47. The summed E-state index contributed by atoms with van der Waals surface area (Å²) in [6.45, 7) is 1.69. The van der Waals surface area contributed by atoms with Crippen LogP contribution in [0.2, 0.25) is 0 Å². The fraction of sp³-hybridized carbons (Fsp3) is 0.308. The zero-order chi connectivity index (χ0) is 11.2.